The Kier molecular flexibility index (Phi) is 6.86. The number of hydrogen-bond donors (Lipinski definition) is 0. The Morgan fingerprint density at radius 1 is 1.14 bits per heavy atom. The summed E-state index contributed by atoms with van der Waals surface area (Å²) in [5.41, 5.74) is 1.22. The van der Waals surface area contributed by atoms with Crippen molar-refractivity contribution in [2.75, 3.05) is 6.54 Å². The molecule has 0 spiro atoms. The standard InChI is InChI=1S/C25H31FN2/c1-3-17-28(18-21-9-5-4-6-10-21)20(2)15-16-25(19-27,22-13-14-22)23-11-7-8-12-24(23)26/h4-12,20,22H,3,13-18H2,1-2H3. The maximum atomic E-state index is 14.6. The van der Waals surface area contributed by atoms with E-state index in [2.05, 4.69) is 49.1 Å². The average molecular weight is 379 g/mol. The van der Waals surface area contributed by atoms with Gasteiger partial charge in [0.1, 0.15) is 5.82 Å². The summed E-state index contributed by atoms with van der Waals surface area (Å²) in [4.78, 5) is 2.49. The van der Waals surface area contributed by atoms with Crippen LogP contribution >= 0.6 is 0 Å². The maximum Gasteiger partial charge on any atom is 0.128 e. The molecule has 0 N–H and O–H groups in total. The molecule has 1 aliphatic rings. The molecule has 2 aromatic carbocycles. The first-order valence-corrected chi connectivity index (χ1v) is 10.5. The van der Waals surface area contributed by atoms with Crippen molar-refractivity contribution in [1.82, 2.24) is 4.90 Å². The molecule has 0 amide bonds. The lowest BCUT2D eigenvalue weighted by molar-refractivity contribution is 0.180. The van der Waals surface area contributed by atoms with Gasteiger partial charge in [-0.15, -0.1) is 0 Å². The molecule has 2 nitrogen and oxygen atoms in total. The number of halogens is 1. The van der Waals surface area contributed by atoms with Crippen LogP contribution in [0.3, 0.4) is 0 Å². The molecule has 0 aromatic heterocycles. The van der Waals surface area contributed by atoms with Gasteiger partial charge < -0.3 is 0 Å². The number of nitrogens with zero attached hydrogens (tertiary/aromatic N) is 2. The predicted molar refractivity (Wildman–Crippen MR) is 112 cm³/mol. The zero-order valence-corrected chi connectivity index (χ0v) is 17.1. The summed E-state index contributed by atoms with van der Waals surface area (Å²) in [5, 5.41) is 10.1. The Morgan fingerprint density at radius 2 is 1.82 bits per heavy atom. The van der Waals surface area contributed by atoms with Crippen molar-refractivity contribution in [3.05, 3.63) is 71.5 Å². The van der Waals surface area contributed by atoms with Crippen LogP contribution < -0.4 is 0 Å². The highest BCUT2D eigenvalue weighted by Gasteiger charge is 2.48. The van der Waals surface area contributed by atoms with Gasteiger partial charge in [-0.25, -0.2) is 4.39 Å². The van der Waals surface area contributed by atoms with Gasteiger partial charge >= 0.3 is 0 Å². The zero-order valence-electron chi connectivity index (χ0n) is 17.1. The first-order chi connectivity index (χ1) is 13.6. The Hall–Kier alpha value is -2.18. The van der Waals surface area contributed by atoms with E-state index < -0.39 is 5.41 Å². The van der Waals surface area contributed by atoms with E-state index in [0.29, 0.717) is 18.0 Å². The van der Waals surface area contributed by atoms with Crippen molar-refractivity contribution in [2.45, 2.75) is 64.0 Å². The van der Waals surface area contributed by atoms with Crippen molar-refractivity contribution in [3.8, 4) is 6.07 Å². The van der Waals surface area contributed by atoms with Gasteiger partial charge in [0.05, 0.1) is 11.5 Å². The van der Waals surface area contributed by atoms with Gasteiger partial charge in [-0.3, -0.25) is 4.90 Å². The number of benzene rings is 2. The Morgan fingerprint density at radius 3 is 2.43 bits per heavy atom. The van der Waals surface area contributed by atoms with Crippen LogP contribution in [0.5, 0.6) is 0 Å². The lowest BCUT2D eigenvalue weighted by atomic mass is 9.73. The van der Waals surface area contributed by atoms with Crippen molar-refractivity contribution in [2.24, 2.45) is 5.92 Å². The molecule has 2 atom stereocenters. The third-order valence-electron chi connectivity index (χ3n) is 6.15. The summed E-state index contributed by atoms with van der Waals surface area (Å²) in [5.74, 6) is 0.0497. The molecule has 1 fully saturated rings. The van der Waals surface area contributed by atoms with Gasteiger partial charge in [-0.05, 0) is 63.1 Å². The second-order valence-corrected chi connectivity index (χ2v) is 8.18. The van der Waals surface area contributed by atoms with E-state index in [-0.39, 0.29) is 11.7 Å². The highest BCUT2D eigenvalue weighted by molar-refractivity contribution is 5.36. The molecule has 3 rings (SSSR count). The molecule has 3 heteroatoms. The van der Waals surface area contributed by atoms with Crippen LogP contribution in [0.1, 0.15) is 57.1 Å². The first-order valence-electron chi connectivity index (χ1n) is 10.5. The SMILES string of the molecule is CCCN(Cc1ccccc1)C(C)CCC(C#N)(c1ccccc1F)C1CC1. The topological polar surface area (TPSA) is 27.0 Å². The average Bonchev–Trinajstić information content (AvgIpc) is 3.56. The molecular weight excluding hydrogens is 347 g/mol. The van der Waals surface area contributed by atoms with Crippen molar-refractivity contribution >= 4 is 0 Å². The molecule has 2 aromatic rings. The summed E-state index contributed by atoms with van der Waals surface area (Å²) < 4.78 is 14.6. The first kappa shape index (κ1) is 20.6. The molecule has 0 radical (unpaired) electrons. The van der Waals surface area contributed by atoms with Gasteiger partial charge in [0.25, 0.3) is 0 Å². The van der Waals surface area contributed by atoms with E-state index in [1.807, 2.05) is 18.2 Å². The summed E-state index contributed by atoms with van der Waals surface area (Å²) in [7, 11) is 0. The van der Waals surface area contributed by atoms with Crippen LogP contribution in [-0.2, 0) is 12.0 Å². The predicted octanol–water partition coefficient (Wildman–Crippen LogP) is 6.08. The van der Waals surface area contributed by atoms with E-state index in [1.54, 1.807) is 6.07 Å². The molecule has 0 saturated heterocycles. The van der Waals surface area contributed by atoms with Crippen molar-refractivity contribution < 1.29 is 4.39 Å². The van der Waals surface area contributed by atoms with Gasteiger partial charge in [-0.2, -0.15) is 5.26 Å². The van der Waals surface area contributed by atoms with Crippen LogP contribution in [0.2, 0.25) is 0 Å². The molecule has 148 valence electrons. The molecule has 0 aliphatic heterocycles. The van der Waals surface area contributed by atoms with Gasteiger partial charge in [-0.1, -0.05) is 55.5 Å². The molecule has 0 heterocycles. The largest absolute Gasteiger partial charge is 0.296 e. The van der Waals surface area contributed by atoms with E-state index in [1.165, 1.54) is 11.6 Å². The summed E-state index contributed by atoms with van der Waals surface area (Å²) in [6.07, 6.45) is 4.75. The molecule has 1 aliphatic carbocycles. The summed E-state index contributed by atoms with van der Waals surface area (Å²) in [6.45, 7) is 6.39. The van der Waals surface area contributed by atoms with Crippen LogP contribution in [0.15, 0.2) is 54.6 Å². The number of hydrogen-bond acceptors (Lipinski definition) is 2. The summed E-state index contributed by atoms with van der Waals surface area (Å²) in [6, 6.07) is 20.3. The quantitative estimate of drug-likeness (QED) is 0.501. The second kappa shape index (κ2) is 9.34. The molecule has 28 heavy (non-hydrogen) atoms. The van der Waals surface area contributed by atoms with Crippen molar-refractivity contribution in [3.63, 3.8) is 0 Å². The smallest absolute Gasteiger partial charge is 0.128 e. The lowest BCUT2D eigenvalue weighted by Crippen LogP contribution is -2.36. The fraction of sp³-hybridized carbons (Fsp3) is 0.480. The number of nitriles is 1. The monoisotopic (exact) mass is 378 g/mol. The second-order valence-electron chi connectivity index (χ2n) is 8.18. The molecular formula is C25H31FN2. The molecule has 2 unspecified atom stereocenters. The van der Waals surface area contributed by atoms with Crippen LogP contribution in [-0.4, -0.2) is 17.5 Å². The van der Waals surface area contributed by atoms with Gasteiger partial charge in [0.15, 0.2) is 0 Å². The van der Waals surface area contributed by atoms with E-state index in [0.717, 1.165) is 38.8 Å². The van der Waals surface area contributed by atoms with E-state index >= 15 is 0 Å². The lowest BCUT2D eigenvalue weighted by Gasteiger charge is -2.33. The third kappa shape index (κ3) is 4.62. The van der Waals surface area contributed by atoms with E-state index in [9.17, 15) is 9.65 Å². The van der Waals surface area contributed by atoms with Crippen LogP contribution in [0.25, 0.3) is 0 Å². The Bertz CT molecular complexity index is 794. The minimum atomic E-state index is -0.690. The fourth-order valence-corrected chi connectivity index (χ4v) is 4.34. The van der Waals surface area contributed by atoms with Gasteiger partial charge in [0.2, 0.25) is 0 Å². The minimum Gasteiger partial charge on any atom is -0.296 e. The third-order valence-corrected chi connectivity index (χ3v) is 6.15. The van der Waals surface area contributed by atoms with Crippen LogP contribution in [0, 0.1) is 23.1 Å². The highest BCUT2D eigenvalue weighted by atomic mass is 19.1. The maximum absolute atomic E-state index is 14.6. The number of rotatable bonds is 10. The molecule has 0 bridgehead atoms. The molecule has 1 saturated carbocycles. The fourth-order valence-electron chi connectivity index (χ4n) is 4.34. The normalized spacial score (nSPS) is 17.1. The zero-order chi connectivity index (χ0) is 20.0. The highest BCUT2D eigenvalue weighted by Crippen LogP contribution is 2.50. The Labute approximate surface area is 169 Å². The summed E-state index contributed by atoms with van der Waals surface area (Å²) >= 11 is 0. The van der Waals surface area contributed by atoms with E-state index in [4.69, 9.17) is 0 Å². The van der Waals surface area contributed by atoms with Crippen molar-refractivity contribution in [1.29, 1.82) is 5.26 Å². The minimum absolute atomic E-state index is 0.238. The van der Waals surface area contributed by atoms with Gasteiger partial charge in [0, 0.05) is 18.2 Å². The Balaban J connectivity index is 1.75. The van der Waals surface area contributed by atoms with Crippen LogP contribution in [0.4, 0.5) is 4.39 Å².